The molecule has 0 aliphatic carbocycles. The quantitative estimate of drug-likeness (QED) is 0.657. The summed E-state index contributed by atoms with van der Waals surface area (Å²) < 4.78 is 0. The van der Waals surface area contributed by atoms with Gasteiger partial charge in [-0.25, -0.2) is 4.79 Å². The fourth-order valence-corrected chi connectivity index (χ4v) is 3.73. The molecule has 25 heavy (non-hydrogen) atoms. The van der Waals surface area contributed by atoms with Gasteiger partial charge < -0.3 is 9.80 Å². The fourth-order valence-electron chi connectivity index (χ4n) is 3.44. The highest BCUT2D eigenvalue weighted by molar-refractivity contribution is 6.42. The van der Waals surface area contributed by atoms with Crippen LogP contribution in [0.3, 0.4) is 0 Å². The van der Waals surface area contributed by atoms with Crippen LogP contribution in [0.25, 0.3) is 0 Å². The Bertz CT molecular complexity index is 754. The van der Waals surface area contributed by atoms with Crippen molar-refractivity contribution < 1.29 is 4.79 Å². The van der Waals surface area contributed by atoms with Gasteiger partial charge in [0.2, 0.25) is 0 Å². The lowest BCUT2D eigenvalue weighted by Gasteiger charge is -2.34. The number of rotatable bonds is 4. The fraction of sp³-hybridized carbons (Fsp3) is 0.316. The standard InChI is InChI=1S/C19H20Cl2N2O.ClH/c1-3-19(15-9-10-16(20)17(21)11-15)13-23(18(24)22(19)2)12-14-7-5-4-6-8-14;/h4-11H,3,12-13H2,1-2H3;1H. The van der Waals surface area contributed by atoms with E-state index in [0.717, 1.165) is 17.5 Å². The Labute approximate surface area is 164 Å². The van der Waals surface area contributed by atoms with E-state index in [9.17, 15) is 4.79 Å². The van der Waals surface area contributed by atoms with Crippen LogP contribution in [0, 0.1) is 0 Å². The molecule has 2 amide bonds. The van der Waals surface area contributed by atoms with E-state index in [1.54, 1.807) is 6.07 Å². The lowest BCUT2D eigenvalue weighted by molar-refractivity contribution is 0.172. The molecule has 1 aliphatic rings. The maximum atomic E-state index is 12.8. The lowest BCUT2D eigenvalue weighted by atomic mass is 9.86. The highest BCUT2D eigenvalue weighted by Gasteiger charge is 2.47. The molecule has 0 bridgehead atoms. The summed E-state index contributed by atoms with van der Waals surface area (Å²) in [6.45, 7) is 3.33. The Hall–Kier alpha value is -1.42. The molecule has 134 valence electrons. The second-order valence-corrected chi connectivity index (χ2v) is 7.01. The van der Waals surface area contributed by atoms with Crippen LogP contribution in [0.15, 0.2) is 48.5 Å². The van der Waals surface area contributed by atoms with Crippen molar-refractivity contribution in [1.29, 1.82) is 0 Å². The van der Waals surface area contributed by atoms with E-state index in [2.05, 4.69) is 6.92 Å². The monoisotopic (exact) mass is 398 g/mol. The van der Waals surface area contributed by atoms with Crippen LogP contribution in [0.5, 0.6) is 0 Å². The average Bonchev–Trinajstić information content (AvgIpc) is 2.84. The molecule has 3 nitrogen and oxygen atoms in total. The molecule has 1 atom stereocenters. The topological polar surface area (TPSA) is 23.6 Å². The minimum Gasteiger partial charge on any atom is -0.318 e. The third-order valence-electron chi connectivity index (χ3n) is 4.91. The molecule has 2 aromatic rings. The summed E-state index contributed by atoms with van der Waals surface area (Å²) in [6, 6.07) is 15.7. The molecule has 1 aliphatic heterocycles. The molecular weight excluding hydrogens is 379 g/mol. The van der Waals surface area contributed by atoms with Gasteiger partial charge in [-0.15, -0.1) is 12.4 Å². The Kier molecular flexibility index (Phi) is 6.26. The zero-order valence-corrected chi connectivity index (χ0v) is 16.5. The van der Waals surface area contributed by atoms with E-state index < -0.39 is 0 Å². The number of hydrogen-bond donors (Lipinski definition) is 0. The molecule has 1 fully saturated rings. The van der Waals surface area contributed by atoms with Gasteiger partial charge in [-0.05, 0) is 29.7 Å². The minimum absolute atomic E-state index is 0. The van der Waals surface area contributed by atoms with E-state index >= 15 is 0 Å². The van der Waals surface area contributed by atoms with Gasteiger partial charge in [0.05, 0.1) is 22.1 Å². The third-order valence-corrected chi connectivity index (χ3v) is 5.65. The maximum absolute atomic E-state index is 12.8. The summed E-state index contributed by atoms with van der Waals surface area (Å²) >= 11 is 12.3. The molecule has 1 unspecified atom stereocenters. The molecule has 1 heterocycles. The number of nitrogens with zero attached hydrogens (tertiary/aromatic N) is 2. The summed E-state index contributed by atoms with van der Waals surface area (Å²) in [5, 5.41) is 1.05. The zero-order chi connectivity index (χ0) is 17.3. The second kappa shape index (κ2) is 7.86. The van der Waals surface area contributed by atoms with E-state index in [-0.39, 0.29) is 24.0 Å². The molecule has 0 spiro atoms. The Morgan fingerprint density at radius 3 is 2.36 bits per heavy atom. The Morgan fingerprint density at radius 1 is 1.08 bits per heavy atom. The van der Waals surface area contributed by atoms with Gasteiger partial charge in [0.25, 0.3) is 0 Å². The lowest BCUT2D eigenvalue weighted by Crippen LogP contribution is -2.41. The highest BCUT2D eigenvalue weighted by atomic mass is 35.5. The minimum atomic E-state index is -0.389. The molecule has 0 N–H and O–H groups in total. The van der Waals surface area contributed by atoms with Gasteiger partial charge in [-0.1, -0.05) is 66.5 Å². The summed E-state index contributed by atoms with van der Waals surface area (Å²) in [5.41, 5.74) is 1.76. The van der Waals surface area contributed by atoms with Gasteiger partial charge in [0.15, 0.2) is 0 Å². The number of carbonyl (C=O) groups excluding carboxylic acids is 1. The van der Waals surface area contributed by atoms with Crippen molar-refractivity contribution in [2.45, 2.75) is 25.4 Å². The molecule has 0 aromatic heterocycles. The number of amides is 2. The zero-order valence-electron chi connectivity index (χ0n) is 14.2. The van der Waals surface area contributed by atoms with E-state index in [0.29, 0.717) is 23.1 Å². The number of urea groups is 1. The first kappa shape index (κ1) is 19.9. The van der Waals surface area contributed by atoms with E-state index in [1.165, 1.54) is 0 Å². The van der Waals surface area contributed by atoms with Crippen molar-refractivity contribution in [2.24, 2.45) is 0 Å². The van der Waals surface area contributed by atoms with Gasteiger partial charge in [-0.2, -0.15) is 0 Å². The van der Waals surface area contributed by atoms with Crippen molar-refractivity contribution in [3.8, 4) is 0 Å². The Morgan fingerprint density at radius 2 is 1.76 bits per heavy atom. The maximum Gasteiger partial charge on any atom is 0.320 e. The first-order valence-corrected chi connectivity index (χ1v) is 8.75. The van der Waals surface area contributed by atoms with Gasteiger partial charge >= 0.3 is 6.03 Å². The molecule has 6 heteroatoms. The molecule has 0 saturated carbocycles. The van der Waals surface area contributed by atoms with Crippen molar-refractivity contribution in [2.75, 3.05) is 13.6 Å². The van der Waals surface area contributed by atoms with Crippen LogP contribution in [-0.2, 0) is 12.1 Å². The number of benzene rings is 2. The van der Waals surface area contributed by atoms with Crippen molar-refractivity contribution in [3.05, 3.63) is 69.7 Å². The Balaban J connectivity index is 0.00000225. The molecule has 2 aromatic carbocycles. The number of likely N-dealkylation sites (N-methyl/N-ethyl adjacent to an activating group) is 1. The van der Waals surface area contributed by atoms with Gasteiger partial charge in [0.1, 0.15) is 0 Å². The number of halogens is 3. The van der Waals surface area contributed by atoms with E-state index in [1.807, 2.05) is 59.3 Å². The van der Waals surface area contributed by atoms with Gasteiger partial charge in [0, 0.05) is 13.6 Å². The predicted molar refractivity (Wildman–Crippen MR) is 106 cm³/mol. The average molecular weight is 400 g/mol. The summed E-state index contributed by atoms with van der Waals surface area (Å²) in [6.07, 6.45) is 0.804. The summed E-state index contributed by atoms with van der Waals surface area (Å²) in [7, 11) is 1.86. The van der Waals surface area contributed by atoms with Crippen molar-refractivity contribution >= 4 is 41.6 Å². The second-order valence-electron chi connectivity index (χ2n) is 6.20. The van der Waals surface area contributed by atoms with Crippen LogP contribution < -0.4 is 0 Å². The van der Waals surface area contributed by atoms with Crippen molar-refractivity contribution in [1.82, 2.24) is 9.80 Å². The third kappa shape index (κ3) is 3.59. The number of carbonyl (C=O) groups is 1. The number of hydrogen-bond acceptors (Lipinski definition) is 1. The molecular formula is C19H21Cl3N2O. The smallest absolute Gasteiger partial charge is 0.318 e. The van der Waals surface area contributed by atoms with Crippen LogP contribution in [0.2, 0.25) is 10.0 Å². The first-order valence-electron chi connectivity index (χ1n) is 8.00. The molecule has 3 rings (SSSR count). The molecule has 1 saturated heterocycles. The summed E-state index contributed by atoms with van der Waals surface area (Å²) in [5.74, 6) is 0. The predicted octanol–water partition coefficient (Wildman–Crippen LogP) is 5.59. The van der Waals surface area contributed by atoms with Crippen LogP contribution in [-0.4, -0.2) is 29.4 Å². The van der Waals surface area contributed by atoms with Crippen LogP contribution >= 0.6 is 35.6 Å². The van der Waals surface area contributed by atoms with Gasteiger partial charge in [-0.3, -0.25) is 0 Å². The summed E-state index contributed by atoms with van der Waals surface area (Å²) in [4.78, 5) is 16.5. The molecule has 0 radical (unpaired) electrons. The van der Waals surface area contributed by atoms with Crippen molar-refractivity contribution in [3.63, 3.8) is 0 Å². The SMILES string of the molecule is CCC1(c2ccc(Cl)c(Cl)c2)CN(Cc2ccccc2)C(=O)N1C.Cl. The first-order chi connectivity index (χ1) is 11.5. The normalized spacial score (nSPS) is 19.9. The highest BCUT2D eigenvalue weighted by Crippen LogP contribution is 2.40. The van der Waals surface area contributed by atoms with E-state index in [4.69, 9.17) is 23.2 Å². The largest absolute Gasteiger partial charge is 0.320 e. The van der Waals surface area contributed by atoms with Crippen LogP contribution in [0.1, 0.15) is 24.5 Å². The van der Waals surface area contributed by atoms with Crippen LogP contribution in [0.4, 0.5) is 4.79 Å².